The van der Waals surface area contributed by atoms with Crippen molar-refractivity contribution >= 4 is 11.6 Å². The highest BCUT2D eigenvalue weighted by molar-refractivity contribution is 5.95. The van der Waals surface area contributed by atoms with Crippen LogP contribution in [0.3, 0.4) is 0 Å². The van der Waals surface area contributed by atoms with Crippen LogP contribution in [0.1, 0.15) is 16.1 Å². The Morgan fingerprint density at radius 3 is 2.64 bits per heavy atom. The Morgan fingerprint density at radius 1 is 1.16 bits per heavy atom. The molecule has 3 aromatic rings. The van der Waals surface area contributed by atoms with E-state index in [1.807, 2.05) is 0 Å². The number of imidazole rings is 1. The molecule has 128 valence electrons. The highest BCUT2D eigenvalue weighted by atomic mass is 19.4. The minimum Gasteiger partial charge on any atom is -0.476 e. The van der Waals surface area contributed by atoms with Gasteiger partial charge in [-0.3, -0.25) is 4.40 Å². The molecule has 1 aromatic carbocycles. The summed E-state index contributed by atoms with van der Waals surface area (Å²) in [5.41, 5.74) is -0.779. The van der Waals surface area contributed by atoms with Gasteiger partial charge in [-0.25, -0.2) is 9.78 Å². The number of aromatic carboxylic acids is 1. The number of carboxylic acids is 1. The molecule has 0 saturated heterocycles. The molecule has 1 aliphatic rings. The molecule has 2 aromatic heterocycles. The second-order valence-electron chi connectivity index (χ2n) is 5.33. The first-order chi connectivity index (χ1) is 11.8. The number of fused-ring (bicyclic) bond motifs is 2. The fraction of sp³-hybridized carbons (Fsp3) is 0.125. The van der Waals surface area contributed by atoms with Gasteiger partial charge in [-0.05, 0) is 30.3 Å². The van der Waals surface area contributed by atoms with Crippen molar-refractivity contribution in [1.82, 2.24) is 9.38 Å². The molecule has 0 saturated carbocycles. The molecule has 0 aliphatic carbocycles. The topological polar surface area (TPSA) is 73.1 Å². The molecular weight excluding hydrogens is 341 g/mol. The van der Waals surface area contributed by atoms with E-state index in [1.54, 1.807) is 18.2 Å². The first-order valence-corrected chi connectivity index (χ1v) is 7.07. The predicted octanol–water partition coefficient (Wildman–Crippen LogP) is 3.45. The van der Waals surface area contributed by atoms with E-state index in [1.165, 1.54) is 0 Å². The molecule has 0 bridgehead atoms. The van der Waals surface area contributed by atoms with E-state index in [0.29, 0.717) is 17.1 Å². The van der Waals surface area contributed by atoms with Crippen LogP contribution < -0.4 is 9.47 Å². The maximum absolute atomic E-state index is 12.9. The Labute approximate surface area is 138 Å². The minimum absolute atomic E-state index is 0.0463. The summed E-state index contributed by atoms with van der Waals surface area (Å²) in [6.07, 6.45) is -3.87. The van der Waals surface area contributed by atoms with E-state index >= 15 is 0 Å². The maximum Gasteiger partial charge on any atom is 0.417 e. The minimum atomic E-state index is -4.59. The van der Waals surface area contributed by atoms with Crippen molar-refractivity contribution in [2.45, 2.75) is 6.18 Å². The highest BCUT2D eigenvalue weighted by Crippen LogP contribution is 2.37. The van der Waals surface area contributed by atoms with Crippen LogP contribution in [0.5, 0.6) is 11.5 Å². The van der Waals surface area contributed by atoms with Crippen LogP contribution in [0.15, 0.2) is 36.5 Å². The zero-order valence-electron chi connectivity index (χ0n) is 12.4. The molecule has 6 nitrogen and oxygen atoms in total. The predicted molar refractivity (Wildman–Crippen MR) is 78.7 cm³/mol. The molecular formula is C16H9F3N2O4. The van der Waals surface area contributed by atoms with Crippen molar-refractivity contribution in [2.24, 2.45) is 0 Å². The lowest BCUT2D eigenvalue weighted by atomic mass is 10.1. The van der Waals surface area contributed by atoms with Crippen molar-refractivity contribution in [3.63, 3.8) is 0 Å². The molecule has 1 N–H and O–H groups in total. The average Bonchev–Trinajstić information content (AvgIpc) is 3.16. The van der Waals surface area contributed by atoms with Crippen molar-refractivity contribution in [2.75, 3.05) is 6.79 Å². The Morgan fingerprint density at radius 2 is 1.92 bits per heavy atom. The standard InChI is InChI=1S/C16H9F3N2O4/c17-16(18,19)9-2-4-12-20-13(14(15(22)23)21(12)6-9)8-1-3-10-11(5-8)25-7-24-10/h1-6H,7H2,(H,22,23). The lowest BCUT2D eigenvalue weighted by molar-refractivity contribution is -0.137. The number of alkyl halides is 3. The highest BCUT2D eigenvalue weighted by Gasteiger charge is 2.32. The first-order valence-electron chi connectivity index (χ1n) is 7.07. The van der Waals surface area contributed by atoms with Gasteiger partial charge in [0.1, 0.15) is 11.3 Å². The van der Waals surface area contributed by atoms with E-state index < -0.39 is 17.7 Å². The van der Waals surface area contributed by atoms with Crippen molar-refractivity contribution in [3.8, 4) is 22.8 Å². The largest absolute Gasteiger partial charge is 0.476 e. The number of carboxylic acid groups (broad SMARTS) is 1. The summed E-state index contributed by atoms with van der Waals surface area (Å²) in [5, 5.41) is 9.50. The summed E-state index contributed by atoms with van der Waals surface area (Å²) in [6.45, 7) is 0.0463. The van der Waals surface area contributed by atoms with Gasteiger partial charge in [0, 0.05) is 11.8 Å². The van der Waals surface area contributed by atoms with Gasteiger partial charge in [0.2, 0.25) is 6.79 Å². The average molecular weight is 350 g/mol. The molecule has 0 atom stereocenters. The number of hydrogen-bond acceptors (Lipinski definition) is 4. The fourth-order valence-corrected chi connectivity index (χ4v) is 2.66. The maximum atomic E-state index is 12.9. The van der Waals surface area contributed by atoms with Gasteiger partial charge in [-0.2, -0.15) is 13.2 Å². The van der Waals surface area contributed by atoms with E-state index in [0.717, 1.165) is 22.7 Å². The molecule has 1 aliphatic heterocycles. The molecule has 0 spiro atoms. The quantitative estimate of drug-likeness (QED) is 0.766. The van der Waals surface area contributed by atoms with Gasteiger partial charge in [0.15, 0.2) is 17.2 Å². The summed E-state index contributed by atoms with van der Waals surface area (Å²) in [7, 11) is 0. The lowest BCUT2D eigenvalue weighted by Gasteiger charge is -2.07. The van der Waals surface area contributed by atoms with Crippen LogP contribution in [0.25, 0.3) is 16.9 Å². The number of ether oxygens (including phenoxy) is 2. The summed E-state index contributed by atoms with van der Waals surface area (Å²) in [5.74, 6) is -0.467. The number of pyridine rings is 1. The van der Waals surface area contributed by atoms with Gasteiger partial charge in [-0.15, -0.1) is 0 Å². The molecule has 25 heavy (non-hydrogen) atoms. The number of aromatic nitrogens is 2. The fourth-order valence-electron chi connectivity index (χ4n) is 2.66. The van der Waals surface area contributed by atoms with Crippen LogP contribution in [0.4, 0.5) is 13.2 Å². The third-order valence-electron chi connectivity index (χ3n) is 3.79. The number of rotatable bonds is 2. The van der Waals surface area contributed by atoms with Gasteiger partial charge in [0.05, 0.1) is 5.56 Å². The van der Waals surface area contributed by atoms with Crippen LogP contribution >= 0.6 is 0 Å². The molecule has 0 unspecified atom stereocenters. The normalized spacial score (nSPS) is 13.4. The second kappa shape index (κ2) is 5.13. The van der Waals surface area contributed by atoms with E-state index in [9.17, 15) is 23.1 Å². The zero-order valence-corrected chi connectivity index (χ0v) is 12.4. The lowest BCUT2D eigenvalue weighted by Crippen LogP contribution is -2.09. The smallest absolute Gasteiger partial charge is 0.417 e. The SMILES string of the molecule is O=C(O)c1c(-c2ccc3c(c2)OCO3)nc2ccc(C(F)(F)F)cn12. The number of nitrogens with zero attached hydrogens (tertiary/aromatic N) is 2. The Balaban J connectivity index is 1.95. The van der Waals surface area contributed by atoms with Crippen LogP contribution in [-0.4, -0.2) is 27.3 Å². The Hall–Kier alpha value is -3.23. The number of hydrogen-bond donors (Lipinski definition) is 1. The second-order valence-corrected chi connectivity index (χ2v) is 5.33. The monoisotopic (exact) mass is 350 g/mol. The van der Waals surface area contributed by atoms with Crippen LogP contribution in [0.2, 0.25) is 0 Å². The number of benzene rings is 1. The van der Waals surface area contributed by atoms with Crippen LogP contribution in [-0.2, 0) is 6.18 Å². The third kappa shape index (κ3) is 2.44. The number of halogens is 3. The third-order valence-corrected chi connectivity index (χ3v) is 3.79. The van der Waals surface area contributed by atoms with E-state index in [2.05, 4.69) is 4.98 Å². The molecule has 9 heteroatoms. The van der Waals surface area contributed by atoms with Gasteiger partial charge >= 0.3 is 12.1 Å². The summed E-state index contributed by atoms with van der Waals surface area (Å²) < 4.78 is 50.1. The van der Waals surface area contributed by atoms with Gasteiger partial charge in [0.25, 0.3) is 0 Å². The van der Waals surface area contributed by atoms with Gasteiger partial charge < -0.3 is 14.6 Å². The van der Waals surface area contributed by atoms with Crippen molar-refractivity contribution < 1.29 is 32.5 Å². The Bertz CT molecular complexity index is 1010. The molecule has 4 rings (SSSR count). The molecule has 0 fully saturated rings. The summed E-state index contributed by atoms with van der Waals surface area (Å²) in [4.78, 5) is 15.8. The summed E-state index contributed by atoms with van der Waals surface area (Å²) in [6, 6.07) is 6.70. The first kappa shape index (κ1) is 15.3. The molecule has 3 heterocycles. The van der Waals surface area contributed by atoms with E-state index in [-0.39, 0.29) is 23.8 Å². The van der Waals surface area contributed by atoms with E-state index in [4.69, 9.17) is 9.47 Å². The van der Waals surface area contributed by atoms with Gasteiger partial charge in [-0.1, -0.05) is 0 Å². The van der Waals surface area contributed by atoms with Crippen molar-refractivity contribution in [1.29, 1.82) is 0 Å². The number of carbonyl (C=O) groups is 1. The van der Waals surface area contributed by atoms with Crippen molar-refractivity contribution in [3.05, 3.63) is 47.8 Å². The summed E-state index contributed by atoms with van der Waals surface area (Å²) >= 11 is 0. The zero-order chi connectivity index (χ0) is 17.8. The molecule has 0 radical (unpaired) electrons. The Kier molecular flexibility index (Phi) is 3.14. The molecule has 0 amide bonds. The van der Waals surface area contributed by atoms with Crippen LogP contribution in [0, 0.1) is 0 Å².